The summed E-state index contributed by atoms with van der Waals surface area (Å²) in [7, 11) is 0. The SMILES string of the molecule is C#Cc1[c]cccc1C#N. The molecule has 0 saturated heterocycles. The van der Waals surface area contributed by atoms with Crippen LogP contribution in [0.1, 0.15) is 11.1 Å². The average molecular weight is 126 g/mol. The van der Waals surface area contributed by atoms with Crippen molar-refractivity contribution in [2.75, 3.05) is 0 Å². The van der Waals surface area contributed by atoms with Gasteiger partial charge in [-0.3, -0.25) is 0 Å². The molecule has 45 valence electrons. The lowest BCUT2D eigenvalue weighted by molar-refractivity contribution is 1.46. The van der Waals surface area contributed by atoms with Crippen molar-refractivity contribution in [3.05, 3.63) is 35.4 Å². The molecule has 10 heavy (non-hydrogen) atoms. The molecule has 0 N–H and O–H groups in total. The van der Waals surface area contributed by atoms with Crippen molar-refractivity contribution in [3.8, 4) is 18.4 Å². The maximum Gasteiger partial charge on any atom is 0.100 e. The van der Waals surface area contributed by atoms with Gasteiger partial charge in [0.05, 0.1) is 5.56 Å². The van der Waals surface area contributed by atoms with E-state index in [-0.39, 0.29) is 0 Å². The highest BCUT2D eigenvalue weighted by Crippen LogP contribution is 2.03. The van der Waals surface area contributed by atoms with E-state index in [1.54, 1.807) is 18.2 Å². The third kappa shape index (κ3) is 0.989. The summed E-state index contributed by atoms with van der Waals surface area (Å²) in [4.78, 5) is 0. The quantitative estimate of drug-likeness (QED) is 0.481. The van der Waals surface area contributed by atoms with Gasteiger partial charge in [0.2, 0.25) is 0 Å². The molecule has 0 aliphatic carbocycles. The molecule has 0 saturated carbocycles. The van der Waals surface area contributed by atoms with E-state index >= 15 is 0 Å². The van der Waals surface area contributed by atoms with Gasteiger partial charge in [0.15, 0.2) is 0 Å². The Labute approximate surface area is 59.9 Å². The van der Waals surface area contributed by atoms with Gasteiger partial charge in [-0.25, -0.2) is 0 Å². The Hall–Kier alpha value is -1.73. The lowest BCUT2D eigenvalue weighted by Gasteiger charge is -1.89. The molecule has 0 aliphatic heterocycles. The van der Waals surface area contributed by atoms with Crippen molar-refractivity contribution in [2.45, 2.75) is 0 Å². The Balaban J connectivity index is 3.28. The molecule has 0 fully saturated rings. The number of terminal acetylenes is 1. The highest BCUT2D eigenvalue weighted by atomic mass is 14.2. The molecular weight excluding hydrogens is 122 g/mol. The number of nitrogens with zero attached hydrogens (tertiary/aromatic N) is 1. The largest absolute Gasteiger partial charge is 0.192 e. The summed E-state index contributed by atoms with van der Waals surface area (Å²) in [6, 6.07) is 9.85. The molecule has 1 rings (SSSR count). The van der Waals surface area contributed by atoms with Crippen molar-refractivity contribution < 1.29 is 0 Å². The molecular formula is C9H4N. The Morgan fingerprint density at radius 1 is 1.60 bits per heavy atom. The number of hydrogen-bond donors (Lipinski definition) is 0. The van der Waals surface area contributed by atoms with Gasteiger partial charge in [0, 0.05) is 5.56 Å². The van der Waals surface area contributed by atoms with Crippen molar-refractivity contribution in [1.82, 2.24) is 0 Å². The van der Waals surface area contributed by atoms with E-state index in [0.717, 1.165) is 0 Å². The second-order valence-electron chi connectivity index (χ2n) is 1.71. The molecule has 1 aromatic carbocycles. The molecule has 0 bridgehead atoms. The zero-order chi connectivity index (χ0) is 7.40. The number of benzene rings is 1. The third-order valence-corrected chi connectivity index (χ3v) is 1.12. The molecule has 1 heteroatoms. The summed E-state index contributed by atoms with van der Waals surface area (Å²) >= 11 is 0. The standard InChI is InChI=1S/C9H4N/c1-2-8-5-3-4-6-9(8)7-10/h1,3-4,6H. The maximum absolute atomic E-state index is 8.48. The molecule has 1 aromatic rings. The Morgan fingerprint density at radius 3 is 2.90 bits per heavy atom. The van der Waals surface area contributed by atoms with Crippen LogP contribution in [0.3, 0.4) is 0 Å². The fourth-order valence-corrected chi connectivity index (χ4v) is 0.649. The van der Waals surface area contributed by atoms with Crippen molar-refractivity contribution >= 4 is 0 Å². The predicted octanol–water partition coefficient (Wildman–Crippen LogP) is 1.34. The van der Waals surface area contributed by atoms with Crippen LogP contribution < -0.4 is 0 Å². The van der Waals surface area contributed by atoms with Crippen LogP contribution in [0.5, 0.6) is 0 Å². The summed E-state index contributed by atoms with van der Waals surface area (Å²) in [5, 5.41) is 8.48. The molecule has 0 aromatic heterocycles. The number of rotatable bonds is 0. The second kappa shape index (κ2) is 2.71. The zero-order valence-corrected chi connectivity index (χ0v) is 5.26. The molecule has 1 nitrogen and oxygen atoms in total. The normalized spacial score (nSPS) is 7.80. The van der Waals surface area contributed by atoms with Gasteiger partial charge in [-0.2, -0.15) is 5.26 Å². The first-order valence-corrected chi connectivity index (χ1v) is 2.76. The van der Waals surface area contributed by atoms with Crippen LogP contribution in [-0.4, -0.2) is 0 Å². The Kier molecular flexibility index (Phi) is 1.73. The van der Waals surface area contributed by atoms with E-state index in [9.17, 15) is 0 Å². The molecule has 0 heterocycles. The van der Waals surface area contributed by atoms with Gasteiger partial charge >= 0.3 is 0 Å². The van der Waals surface area contributed by atoms with Crippen LogP contribution in [0.2, 0.25) is 0 Å². The van der Waals surface area contributed by atoms with E-state index < -0.39 is 0 Å². The number of hydrogen-bond acceptors (Lipinski definition) is 1. The van der Waals surface area contributed by atoms with Crippen LogP contribution in [-0.2, 0) is 0 Å². The van der Waals surface area contributed by atoms with Crippen LogP contribution in [0.25, 0.3) is 0 Å². The Morgan fingerprint density at radius 2 is 2.40 bits per heavy atom. The topological polar surface area (TPSA) is 23.8 Å². The monoisotopic (exact) mass is 126 g/mol. The molecule has 0 unspecified atom stereocenters. The van der Waals surface area contributed by atoms with E-state index in [1.807, 2.05) is 6.07 Å². The first-order chi connectivity index (χ1) is 4.88. The van der Waals surface area contributed by atoms with E-state index in [4.69, 9.17) is 11.7 Å². The van der Waals surface area contributed by atoms with Crippen molar-refractivity contribution in [2.24, 2.45) is 0 Å². The van der Waals surface area contributed by atoms with Gasteiger partial charge in [-0.1, -0.05) is 18.1 Å². The van der Waals surface area contributed by atoms with Gasteiger partial charge in [-0.15, -0.1) is 6.42 Å². The molecule has 0 atom stereocenters. The summed E-state index contributed by atoms with van der Waals surface area (Å²) in [5.41, 5.74) is 1.04. The molecule has 0 spiro atoms. The molecule has 0 amide bonds. The van der Waals surface area contributed by atoms with Gasteiger partial charge < -0.3 is 0 Å². The first-order valence-electron chi connectivity index (χ1n) is 2.76. The first kappa shape index (κ1) is 6.39. The van der Waals surface area contributed by atoms with Crippen LogP contribution in [0.4, 0.5) is 0 Å². The molecule has 0 aliphatic rings. The summed E-state index contributed by atoms with van der Waals surface area (Å²) < 4.78 is 0. The van der Waals surface area contributed by atoms with Crippen LogP contribution in [0, 0.1) is 29.7 Å². The van der Waals surface area contributed by atoms with Crippen molar-refractivity contribution in [3.63, 3.8) is 0 Å². The smallest absolute Gasteiger partial charge is 0.100 e. The minimum Gasteiger partial charge on any atom is -0.192 e. The highest BCUT2D eigenvalue weighted by Gasteiger charge is 1.93. The minimum absolute atomic E-state index is 0.505. The summed E-state index contributed by atoms with van der Waals surface area (Å²) in [6.07, 6.45) is 5.09. The minimum atomic E-state index is 0.505. The highest BCUT2D eigenvalue weighted by molar-refractivity contribution is 5.45. The van der Waals surface area contributed by atoms with Gasteiger partial charge in [-0.05, 0) is 12.1 Å². The summed E-state index contributed by atoms with van der Waals surface area (Å²) in [5.74, 6) is 2.37. The maximum atomic E-state index is 8.48. The summed E-state index contributed by atoms with van der Waals surface area (Å²) in [6.45, 7) is 0. The van der Waals surface area contributed by atoms with E-state index in [0.29, 0.717) is 11.1 Å². The fraction of sp³-hybridized carbons (Fsp3) is 0. The van der Waals surface area contributed by atoms with E-state index in [2.05, 4.69) is 12.0 Å². The predicted molar refractivity (Wildman–Crippen MR) is 37.9 cm³/mol. The van der Waals surface area contributed by atoms with Crippen LogP contribution >= 0.6 is 0 Å². The second-order valence-corrected chi connectivity index (χ2v) is 1.71. The lowest BCUT2D eigenvalue weighted by Crippen LogP contribution is -1.80. The van der Waals surface area contributed by atoms with Gasteiger partial charge in [0.1, 0.15) is 6.07 Å². The van der Waals surface area contributed by atoms with Crippen molar-refractivity contribution in [1.29, 1.82) is 5.26 Å². The van der Waals surface area contributed by atoms with Gasteiger partial charge in [0.25, 0.3) is 0 Å². The third-order valence-electron chi connectivity index (χ3n) is 1.12. The molecule has 1 radical (unpaired) electrons. The Bertz CT molecular complexity index is 279. The van der Waals surface area contributed by atoms with E-state index in [1.165, 1.54) is 0 Å². The lowest BCUT2D eigenvalue weighted by atomic mass is 10.1. The average Bonchev–Trinajstić information content (AvgIpc) is 2.04. The fourth-order valence-electron chi connectivity index (χ4n) is 0.649. The number of nitriles is 1. The van der Waals surface area contributed by atoms with Crippen LogP contribution in [0.15, 0.2) is 18.2 Å². The zero-order valence-electron chi connectivity index (χ0n) is 5.26.